The molecule has 0 unspecified atom stereocenters. The fourth-order valence-electron chi connectivity index (χ4n) is 8.67. The molecule has 0 bridgehead atoms. The summed E-state index contributed by atoms with van der Waals surface area (Å²) in [6.07, 6.45) is 0.0606. The maximum atomic E-state index is 14.9. The number of nitrogens with zero attached hydrogens (tertiary/aromatic N) is 2. The Bertz CT molecular complexity index is 2450. The quantitative estimate of drug-likeness (QED) is 0.148. The first-order chi connectivity index (χ1) is 29.6. The number of pyridine rings is 1. The molecule has 2 saturated carbocycles. The minimum Gasteiger partial charge on any atom is -0.497 e. The molecular weight excluding hydrogens is 828 g/mol. The van der Waals surface area contributed by atoms with Gasteiger partial charge in [0.2, 0.25) is 21.8 Å². The van der Waals surface area contributed by atoms with Crippen molar-refractivity contribution in [3.05, 3.63) is 78.9 Å². The van der Waals surface area contributed by atoms with Crippen molar-refractivity contribution in [1.82, 2.24) is 19.9 Å². The molecule has 330 valence electrons. The van der Waals surface area contributed by atoms with Crippen molar-refractivity contribution in [2.45, 2.75) is 112 Å². The van der Waals surface area contributed by atoms with Crippen LogP contribution in [0.15, 0.2) is 78.9 Å². The van der Waals surface area contributed by atoms with E-state index in [0.717, 1.165) is 43.4 Å². The van der Waals surface area contributed by atoms with Gasteiger partial charge in [0.25, 0.3) is 5.91 Å². The summed E-state index contributed by atoms with van der Waals surface area (Å²) in [4.78, 5) is 49.9. The number of carbonyl (C=O) groups excluding carboxylic acids is 3. The number of ether oxygens (including phenoxy) is 3. The van der Waals surface area contributed by atoms with Gasteiger partial charge in [-0.2, -0.15) is 0 Å². The molecule has 4 aliphatic rings. The molecule has 2 aliphatic heterocycles. The summed E-state index contributed by atoms with van der Waals surface area (Å²) in [6.45, 7) is 1.53. The van der Waals surface area contributed by atoms with Gasteiger partial charge in [0.15, 0.2) is 0 Å². The summed E-state index contributed by atoms with van der Waals surface area (Å²) in [6, 6.07) is 19.8. The van der Waals surface area contributed by atoms with E-state index >= 15 is 0 Å². The number of fused-ring (bicyclic) bond motifs is 3. The number of rotatable bonds is 10. The van der Waals surface area contributed by atoms with E-state index in [2.05, 4.69) is 20.1 Å². The molecule has 8 rings (SSSR count). The summed E-state index contributed by atoms with van der Waals surface area (Å²) in [5.41, 5.74) is 0.752. The second kappa shape index (κ2) is 16.9. The zero-order chi connectivity index (χ0) is 43.9. The van der Waals surface area contributed by atoms with E-state index in [4.69, 9.17) is 14.5 Å². The molecule has 17 heteroatoms. The van der Waals surface area contributed by atoms with Crippen LogP contribution >= 0.6 is 0 Å². The largest absolute Gasteiger partial charge is 0.573 e. The smallest absolute Gasteiger partial charge is 0.497 e. The van der Waals surface area contributed by atoms with Crippen LogP contribution in [0.1, 0.15) is 77.6 Å². The predicted molar refractivity (Wildman–Crippen MR) is 225 cm³/mol. The molecule has 5 atom stereocenters. The van der Waals surface area contributed by atoms with Crippen LogP contribution in [0, 0.1) is 5.92 Å². The number of methoxy groups -OCH3 is 1. The van der Waals surface area contributed by atoms with E-state index in [0.29, 0.717) is 60.2 Å². The van der Waals surface area contributed by atoms with Gasteiger partial charge in [0.1, 0.15) is 41.0 Å². The van der Waals surface area contributed by atoms with Crippen LogP contribution in [-0.4, -0.2) is 84.5 Å². The van der Waals surface area contributed by atoms with Crippen LogP contribution in [0.4, 0.5) is 18.9 Å². The maximum Gasteiger partial charge on any atom is 0.573 e. The molecule has 1 aromatic heterocycles. The molecule has 2 aliphatic carbocycles. The molecule has 0 radical (unpaired) electrons. The van der Waals surface area contributed by atoms with Gasteiger partial charge in [-0.3, -0.25) is 19.1 Å². The average Bonchev–Trinajstić information content (AvgIpc) is 4.12. The summed E-state index contributed by atoms with van der Waals surface area (Å²) >= 11 is 0. The van der Waals surface area contributed by atoms with Crippen LogP contribution in [0.3, 0.4) is 0 Å². The number of hydrogen-bond donors (Lipinski definition) is 3. The van der Waals surface area contributed by atoms with Gasteiger partial charge in [0.05, 0.1) is 29.6 Å². The van der Waals surface area contributed by atoms with Crippen molar-refractivity contribution >= 4 is 44.3 Å². The number of amides is 3. The van der Waals surface area contributed by atoms with Gasteiger partial charge in [-0.15, -0.1) is 13.2 Å². The van der Waals surface area contributed by atoms with E-state index < -0.39 is 68.3 Å². The van der Waals surface area contributed by atoms with Crippen molar-refractivity contribution in [2.24, 2.45) is 5.92 Å². The third-order valence-corrected chi connectivity index (χ3v) is 14.8. The Labute approximate surface area is 358 Å². The van der Waals surface area contributed by atoms with Crippen molar-refractivity contribution in [3.8, 4) is 28.5 Å². The highest BCUT2D eigenvalue weighted by Gasteiger charge is 2.63. The lowest BCUT2D eigenvalue weighted by Crippen LogP contribution is -2.58. The average molecular weight is 878 g/mol. The number of hydrogen-bond acceptors (Lipinski definition) is 10. The lowest BCUT2D eigenvalue weighted by Gasteiger charge is -2.30. The Kier molecular flexibility index (Phi) is 11.8. The van der Waals surface area contributed by atoms with Crippen LogP contribution in [-0.2, 0) is 24.4 Å². The first kappa shape index (κ1) is 43.1. The van der Waals surface area contributed by atoms with Gasteiger partial charge in [-0.1, -0.05) is 68.5 Å². The molecule has 3 amide bonds. The number of carbonyl (C=O) groups is 3. The minimum atomic E-state index is -4.92. The maximum absolute atomic E-state index is 14.9. The summed E-state index contributed by atoms with van der Waals surface area (Å²) < 4.78 is 83.7. The van der Waals surface area contributed by atoms with Crippen molar-refractivity contribution in [2.75, 3.05) is 19.0 Å². The Balaban J connectivity index is 1.14. The lowest BCUT2D eigenvalue weighted by atomic mass is 10.0. The zero-order valence-electron chi connectivity index (χ0n) is 34.5. The number of aromatic nitrogens is 1. The standard InChI is InChI=1S/C45H50F3N5O8S/c1-43(20-21-43)62(57,58)52-42(56)44-26-29(44)14-9-4-3-5-10-17-35(49-30-15-11-16-32(22-30)61-45(46,47)48)41(55)53-27-33(24-38(53)40(54)51-44)60-39-25-36(28-12-7-6-8-13-28)50-37-23-31(59-2)18-19-34(37)39/h6-8,11-13,15-16,18-19,22-23,25,29,33,35,38,49H,3-5,9-10,14,17,20-21,24,26-27H2,1-2H3,(H,51,54)(H,52,56)/t29-,33-,35+,38+,44-/m1/s1. The molecule has 62 heavy (non-hydrogen) atoms. The summed E-state index contributed by atoms with van der Waals surface area (Å²) in [5.74, 6) is -1.66. The van der Waals surface area contributed by atoms with Gasteiger partial charge in [-0.05, 0) is 69.2 Å². The topological polar surface area (TPSA) is 165 Å². The second-order valence-corrected chi connectivity index (χ2v) is 19.3. The molecule has 3 N–H and O–H groups in total. The van der Waals surface area contributed by atoms with E-state index in [1.807, 2.05) is 36.4 Å². The highest BCUT2D eigenvalue weighted by atomic mass is 32.2. The van der Waals surface area contributed by atoms with Gasteiger partial charge in [-0.25, -0.2) is 13.4 Å². The monoisotopic (exact) mass is 877 g/mol. The first-order valence-electron chi connectivity index (χ1n) is 21.1. The minimum absolute atomic E-state index is 0.0125. The van der Waals surface area contributed by atoms with Gasteiger partial charge < -0.3 is 29.7 Å². The van der Waals surface area contributed by atoms with Gasteiger partial charge in [0, 0.05) is 41.3 Å². The normalized spacial score (nSPS) is 25.3. The van der Waals surface area contributed by atoms with Gasteiger partial charge >= 0.3 is 6.36 Å². The molecule has 0 spiro atoms. The summed E-state index contributed by atoms with van der Waals surface area (Å²) in [5, 5.41) is 6.73. The summed E-state index contributed by atoms with van der Waals surface area (Å²) in [7, 11) is -2.47. The Hall–Kier alpha value is -5.58. The molecular formula is C45H50F3N5O8S. The van der Waals surface area contributed by atoms with Crippen molar-refractivity contribution in [1.29, 1.82) is 0 Å². The predicted octanol–water partition coefficient (Wildman–Crippen LogP) is 7.26. The Morgan fingerprint density at radius 2 is 1.66 bits per heavy atom. The lowest BCUT2D eigenvalue weighted by molar-refractivity contribution is -0.274. The first-order valence-corrected chi connectivity index (χ1v) is 22.6. The highest BCUT2D eigenvalue weighted by Crippen LogP contribution is 2.49. The number of nitrogens with one attached hydrogen (secondary N) is 3. The molecule has 13 nitrogen and oxygen atoms in total. The van der Waals surface area contributed by atoms with E-state index in [1.165, 1.54) is 17.0 Å². The number of halogens is 3. The van der Waals surface area contributed by atoms with Crippen LogP contribution in [0.5, 0.6) is 17.2 Å². The Morgan fingerprint density at radius 1 is 0.919 bits per heavy atom. The van der Waals surface area contributed by atoms with E-state index in [1.54, 1.807) is 32.2 Å². The van der Waals surface area contributed by atoms with E-state index in [9.17, 15) is 36.0 Å². The molecule has 4 fully saturated rings. The molecule has 3 aromatic carbocycles. The molecule has 2 saturated heterocycles. The fraction of sp³-hybridized carbons (Fsp3) is 0.467. The number of alkyl halides is 3. The third-order valence-electron chi connectivity index (χ3n) is 12.6. The molecule has 4 aromatic rings. The van der Waals surface area contributed by atoms with E-state index in [-0.39, 0.29) is 31.0 Å². The van der Waals surface area contributed by atoms with Crippen molar-refractivity contribution in [3.63, 3.8) is 0 Å². The number of sulfonamides is 1. The number of benzene rings is 3. The number of anilines is 1. The third kappa shape index (κ3) is 9.27. The molecule has 3 heterocycles. The van der Waals surface area contributed by atoms with Crippen LogP contribution < -0.4 is 29.6 Å². The fourth-order valence-corrected chi connectivity index (χ4v) is 9.99. The Morgan fingerprint density at radius 3 is 2.39 bits per heavy atom. The van der Waals surface area contributed by atoms with Crippen LogP contribution in [0.25, 0.3) is 22.2 Å². The highest BCUT2D eigenvalue weighted by molar-refractivity contribution is 7.91. The van der Waals surface area contributed by atoms with Crippen LogP contribution in [0.2, 0.25) is 0 Å². The van der Waals surface area contributed by atoms with Crippen molar-refractivity contribution < 1.29 is 50.2 Å². The SMILES string of the molecule is COc1ccc2c(O[C@@H]3C[C@H]4C(=O)N[C@]5(C(=O)NS(=O)(=O)C6(C)CC6)C[C@H]5CCCCCCC[C@H](Nc5cccc(OC(F)(F)F)c5)C(=O)N4C3)cc(-c3ccccc3)nc2c1. The zero-order valence-corrected chi connectivity index (χ0v) is 35.3. The second-order valence-electron chi connectivity index (χ2n) is 17.1.